The van der Waals surface area contributed by atoms with Gasteiger partial charge in [-0.05, 0) is 12.1 Å². The van der Waals surface area contributed by atoms with Gasteiger partial charge in [0.15, 0.2) is 5.82 Å². The Balaban J connectivity index is 2.05. The van der Waals surface area contributed by atoms with Gasteiger partial charge in [0.25, 0.3) is 0 Å². The van der Waals surface area contributed by atoms with E-state index in [4.69, 9.17) is 23.2 Å². The van der Waals surface area contributed by atoms with Crippen molar-refractivity contribution in [1.29, 1.82) is 0 Å². The highest BCUT2D eigenvalue weighted by molar-refractivity contribution is 6.40. The number of carbonyl (C=O) groups excluding carboxylic acids is 2. The molecule has 2 rings (SSSR count). The number of halogens is 3. The fraction of sp³-hybridized carbons (Fsp3) is 0.333. The predicted octanol–water partition coefficient (Wildman–Crippen LogP) is 1.50. The average Bonchev–Trinajstić information content (AvgIpc) is 2.44. The van der Waals surface area contributed by atoms with E-state index in [2.05, 4.69) is 10.6 Å². The Morgan fingerprint density at radius 3 is 2.30 bits per heavy atom. The van der Waals surface area contributed by atoms with Gasteiger partial charge in [-0.2, -0.15) is 0 Å². The van der Waals surface area contributed by atoms with E-state index in [1.54, 1.807) is 0 Å². The zero-order chi connectivity index (χ0) is 14.7. The normalized spacial score (nSPS) is 15.1. The maximum absolute atomic E-state index is 13.2. The van der Waals surface area contributed by atoms with E-state index >= 15 is 0 Å². The van der Waals surface area contributed by atoms with Crippen LogP contribution in [0.2, 0.25) is 10.0 Å². The van der Waals surface area contributed by atoms with Crippen LogP contribution in [0.5, 0.6) is 0 Å². The SMILES string of the molecule is O=C(Nc1cc(Cl)c(F)c(Cl)c1)C(=O)N1CCNCC1. The minimum Gasteiger partial charge on any atom is -0.332 e. The van der Waals surface area contributed by atoms with Gasteiger partial charge in [0.2, 0.25) is 0 Å². The van der Waals surface area contributed by atoms with Gasteiger partial charge in [-0.3, -0.25) is 9.59 Å². The van der Waals surface area contributed by atoms with Gasteiger partial charge in [-0.1, -0.05) is 23.2 Å². The topological polar surface area (TPSA) is 61.4 Å². The summed E-state index contributed by atoms with van der Waals surface area (Å²) in [5.74, 6) is -2.20. The van der Waals surface area contributed by atoms with E-state index < -0.39 is 17.6 Å². The molecule has 108 valence electrons. The summed E-state index contributed by atoms with van der Waals surface area (Å²) in [4.78, 5) is 25.1. The largest absolute Gasteiger partial charge is 0.332 e. The molecule has 1 aromatic rings. The molecule has 1 fully saturated rings. The van der Waals surface area contributed by atoms with E-state index in [9.17, 15) is 14.0 Å². The van der Waals surface area contributed by atoms with Crippen molar-refractivity contribution >= 4 is 40.7 Å². The fourth-order valence-corrected chi connectivity index (χ4v) is 2.31. The lowest BCUT2D eigenvalue weighted by Gasteiger charge is -2.26. The summed E-state index contributed by atoms with van der Waals surface area (Å²) in [5.41, 5.74) is 0.176. The van der Waals surface area contributed by atoms with Crippen LogP contribution in [0.25, 0.3) is 0 Å². The zero-order valence-corrected chi connectivity index (χ0v) is 11.9. The fourth-order valence-electron chi connectivity index (χ4n) is 1.82. The number of hydrogen-bond acceptors (Lipinski definition) is 3. The second-order valence-electron chi connectivity index (χ2n) is 4.25. The molecular formula is C12H12Cl2FN3O2. The number of amides is 2. The van der Waals surface area contributed by atoms with E-state index in [0.29, 0.717) is 26.2 Å². The van der Waals surface area contributed by atoms with Crippen molar-refractivity contribution in [3.05, 3.63) is 28.0 Å². The Bertz CT molecular complexity index is 524. The third-order valence-electron chi connectivity index (χ3n) is 2.84. The number of benzene rings is 1. The molecule has 5 nitrogen and oxygen atoms in total. The van der Waals surface area contributed by atoms with Crippen LogP contribution in [0.1, 0.15) is 0 Å². The minimum atomic E-state index is -0.800. The molecule has 0 spiro atoms. The summed E-state index contributed by atoms with van der Waals surface area (Å²) < 4.78 is 13.2. The van der Waals surface area contributed by atoms with E-state index in [0.717, 1.165) is 0 Å². The van der Waals surface area contributed by atoms with Crippen molar-refractivity contribution in [3.63, 3.8) is 0 Å². The first-order chi connectivity index (χ1) is 9.49. The monoisotopic (exact) mass is 319 g/mol. The molecule has 0 unspecified atom stereocenters. The number of hydrogen-bond donors (Lipinski definition) is 2. The molecule has 1 heterocycles. The first-order valence-electron chi connectivity index (χ1n) is 5.94. The van der Waals surface area contributed by atoms with Crippen molar-refractivity contribution in [3.8, 4) is 0 Å². The highest BCUT2D eigenvalue weighted by Gasteiger charge is 2.23. The number of nitrogens with one attached hydrogen (secondary N) is 2. The van der Waals surface area contributed by atoms with Gasteiger partial charge in [0.1, 0.15) is 0 Å². The molecule has 0 bridgehead atoms. The van der Waals surface area contributed by atoms with Crippen LogP contribution in [0.15, 0.2) is 12.1 Å². The second-order valence-corrected chi connectivity index (χ2v) is 5.06. The third kappa shape index (κ3) is 3.39. The standard InChI is InChI=1S/C12H12Cl2FN3O2/c13-8-5-7(6-9(14)10(8)15)17-11(19)12(20)18-3-1-16-2-4-18/h5-6,16H,1-4H2,(H,17,19). The minimum absolute atomic E-state index is 0.176. The smallest absolute Gasteiger partial charge is 0.313 e. The molecule has 1 aliphatic heterocycles. The molecule has 8 heteroatoms. The average molecular weight is 320 g/mol. The summed E-state index contributed by atoms with van der Waals surface area (Å²) in [6.07, 6.45) is 0. The van der Waals surface area contributed by atoms with Gasteiger partial charge < -0.3 is 15.5 Å². The van der Waals surface area contributed by atoms with E-state index in [1.165, 1.54) is 17.0 Å². The lowest BCUT2D eigenvalue weighted by molar-refractivity contribution is -0.143. The van der Waals surface area contributed by atoms with Crippen LogP contribution in [-0.4, -0.2) is 42.9 Å². The van der Waals surface area contributed by atoms with Crippen LogP contribution in [0, 0.1) is 5.82 Å². The Morgan fingerprint density at radius 2 is 1.75 bits per heavy atom. The number of rotatable bonds is 1. The van der Waals surface area contributed by atoms with Crippen molar-refractivity contribution in [2.45, 2.75) is 0 Å². The highest BCUT2D eigenvalue weighted by atomic mass is 35.5. The Morgan fingerprint density at radius 1 is 1.20 bits per heavy atom. The molecule has 0 radical (unpaired) electrons. The number of carbonyl (C=O) groups is 2. The lowest BCUT2D eigenvalue weighted by Crippen LogP contribution is -2.49. The summed E-state index contributed by atoms with van der Waals surface area (Å²) >= 11 is 11.2. The molecule has 0 aromatic heterocycles. The number of nitrogens with zero attached hydrogens (tertiary/aromatic N) is 1. The van der Waals surface area contributed by atoms with Crippen molar-refractivity contribution in [1.82, 2.24) is 10.2 Å². The second kappa shape index (κ2) is 6.39. The molecule has 2 N–H and O–H groups in total. The lowest BCUT2D eigenvalue weighted by atomic mass is 10.3. The molecule has 0 atom stereocenters. The Kier molecular flexibility index (Phi) is 4.80. The molecule has 20 heavy (non-hydrogen) atoms. The Labute approximate surface area is 125 Å². The van der Waals surface area contributed by atoms with Crippen LogP contribution in [0.3, 0.4) is 0 Å². The molecule has 0 aliphatic carbocycles. The predicted molar refractivity (Wildman–Crippen MR) is 74.5 cm³/mol. The third-order valence-corrected chi connectivity index (χ3v) is 3.39. The number of anilines is 1. The van der Waals surface area contributed by atoms with E-state index in [1.807, 2.05) is 0 Å². The van der Waals surface area contributed by atoms with Gasteiger partial charge >= 0.3 is 11.8 Å². The molecular weight excluding hydrogens is 308 g/mol. The van der Waals surface area contributed by atoms with Crippen molar-refractivity contribution in [2.75, 3.05) is 31.5 Å². The van der Waals surface area contributed by atoms with Gasteiger partial charge in [0.05, 0.1) is 10.0 Å². The van der Waals surface area contributed by atoms with E-state index in [-0.39, 0.29) is 15.7 Å². The molecule has 2 amide bonds. The zero-order valence-electron chi connectivity index (χ0n) is 10.4. The van der Waals surface area contributed by atoms with Gasteiger partial charge in [0, 0.05) is 31.9 Å². The summed E-state index contributed by atoms with van der Waals surface area (Å²) in [6.45, 7) is 2.23. The maximum Gasteiger partial charge on any atom is 0.313 e. The van der Waals surface area contributed by atoms with Crippen LogP contribution in [-0.2, 0) is 9.59 Å². The summed E-state index contributed by atoms with van der Waals surface area (Å²) in [6, 6.07) is 2.40. The summed E-state index contributed by atoms with van der Waals surface area (Å²) in [5, 5.41) is 5.00. The first-order valence-corrected chi connectivity index (χ1v) is 6.70. The quantitative estimate of drug-likeness (QED) is 0.609. The molecule has 0 saturated carbocycles. The Hall–Kier alpha value is -1.37. The van der Waals surface area contributed by atoms with Gasteiger partial charge in [-0.15, -0.1) is 0 Å². The van der Waals surface area contributed by atoms with Crippen LogP contribution >= 0.6 is 23.2 Å². The van der Waals surface area contributed by atoms with Crippen LogP contribution < -0.4 is 10.6 Å². The van der Waals surface area contributed by atoms with Crippen molar-refractivity contribution < 1.29 is 14.0 Å². The molecule has 1 saturated heterocycles. The summed E-state index contributed by atoms with van der Waals surface area (Å²) in [7, 11) is 0. The molecule has 1 aliphatic rings. The van der Waals surface area contributed by atoms with Gasteiger partial charge in [-0.25, -0.2) is 4.39 Å². The number of piperazine rings is 1. The molecule has 1 aromatic carbocycles. The first kappa shape index (κ1) is 15.0. The highest BCUT2D eigenvalue weighted by Crippen LogP contribution is 2.27. The van der Waals surface area contributed by atoms with Crippen molar-refractivity contribution in [2.24, 2.45) is 0 Å². The van der Waals surface area contributed by atoms with Crippen LogP contribution in [0.4, 0.5) is 10.1 Å². The maximum atomic E-state index is 13.2.